The Morgan fingerprint density at radius 1 is 1.05 bits per heavy atom. The SMILES string of the molecule is c1ccc2c(c1)NC1(CCCCC1)C(N1CCOCC1)O2. The van der Waals surface area contributed by atoms with Crippen LogP contribution in [0.4, 0.5) is 5.69 Å². The molecule has 21 heavy (non-hydrogen) atoms. The van der Waals surface area contributed by atoms with Crippen molar-refractivity contribution in [1.29, 1.82) is 0 Å². The van der Waals surface area contributed by atoms with Crippen molar-refractivity contribution in [2.45, 2.75) is 43.9 Å². The molecule has 1 saturated carbocycles. The second-order valence-electron chi connectivity index (χ2n) is 6.46. The van der Waals surface area contributed by atoms with Gasteiger partial charge in [0.15, 0.2) is 6.23 Å². The van der Waals surface area contributed by atoms with Crippen LogP contribution >= 0.6 is 0 Å². The molecular weight excluding hydrogens is 264 g/mol. The maximum absolute atomic E-state index is 6.47. The van der Waals surface area contributed by atoms with Gasteiger partial charge in [-0.3, -0.25) is 4.90 Å². The van der Waals surface area contributed by atoms with E-state index in [0.717, 1.165) is 37.7 Å². The number of benzene rings is 1. The second-order valence-corrected chi connectivity index (χ2v) is 6.46. The number of nitrogens with one attached hydrogen (secondary N) is 1. The Labute approximate surface area is 126 Å². The summed E-state index contributed by atoms with van der Waals surface area (Å²) in [6.07, 6.45) is 6.46. The van der Waals surface area contributed by atoms with Crippen LogP contribution in [0.3, 0.4) is 0 Å². The zero-order chi connectivity index (χ0) is 14.1. The Morgan fingerprint density at radius 2 is 1.81 bits per heavy atom. The van der Waals surface area contributed by atoms with Crippen molar-refractivity contribution < 1.29 is 9.47 Å². The Bertz CT molecular complexity index is 493. The maximum Gasteiger partial charge on any atom is 0.176 e. The molecule has 4 nitrogen and oxygen atoms in total. The molecule has 1 atom stereocenters. The summed E-state index contributed by atoms with van der Waals surface area (Å²) in [5, 5.41) is 3.85. The second kappa shape index (κ2) is 5.50. The number of hydrogen-bond acceptors (Lipinski definition) is 4. The summed E-state index contributed by atoms with van der Waals surface area (Å²) in [5.74, 6) is 0.991. The van der Waals surface area contributed by atoms with Crippen LogP contribution in [-0.2, 0) is 4.74 Å². The zero-order valence-electron chi connectivity index (χ0n) is 12.5. The number of rotatable bonds is 1. The van der Waals surface area contributed by atoms with Gasteiger partial charge >= 0.3 is 0 Å². The smallest absolute Gasteiger partial charge is 0.176 e. The van der Waals surface area contributed by atoms with E-state index in [2.05, 4.69) is 34.5 Å². The first-order chi connectivity index (χ1) is 10.4. The monoisotopic (exact) mass is 288 g/mol. The van der Waals surface area contributed by atoms with Gasteiger partial charge in [-0.1, -0.05) is 31.4 Å². The molecule has 0 amide bonds. The van der Waals surface area contributed by atoms with Crippen LogP contribution in [0.25, 0.3) is 0 Å². The first-order valence-electron chi connectivity index (χ1n) is 8.23. The fourth-order valence-corrected chi connectivity index (χ4v) is 4.03. The van der Waals surface area contributed by atoms with Gasteiger partial charge in [-0.25, -0.2) is 0 Å². The molecule has 1 aliphatic carbocycles. The molecular formula is C17H24N2O2. The molecule has 3 aliphatic rings. The lowest BCUT2D eigenvalue weighted by molar-refractivity contribution is -0.0864. The van der Waals surface area contributed by atoms with Gasteiger partial charge in [0, 0.05) is 13.1 Å². The Kier molecular flexibility index (Phi) is 3.51. The van der Waals surface area contributed by atoms with Crippen LogP contribution in [0.2, 0.25) is 0 Å². The lowest BCUT2D eigenvalue weighted by Crippen LogP contribution is -2.64. The molecule has 2 fully saturated rings. The average molecular weight is 288 g/mol. The molecule has 114 valence electrons. The number of hydrogen-bond donors (Lipinski definition) is 1. The van der Waals surface area contributed by atoms with Crippen molar-refractivity contribution in [3.63, 3.8) is 0 Å². The van der Waals surface area contributed by atoms with Gasteiger partial charge in [0.25, 0.3) is 0 Å². The molecule has 0 radical (unpaired) electrons. The predicted octanol–water partition coefficient (Wildman–Crippen LogP) is 2.85. The van der Waals surface area contributed by atoms with Crippen LogP contribution < -0.4 is 10.1 Å². The van der Waals surface area contributed by atoms with E-state index in [1.54, 1.807) is 0 Å². The van der Waals surface area contributed by atoms with E-state index in [1.807, 2.05) is 0 Å². The molecule has 1 spiro atoms. The van der Waals surface area contributed by atoms with E-state index in [4.69, 9.17) is 9.47 Å². The van der Waals surface area contributed by atoms with Crippen LogP contribution in [-0.4, -0.2) is 43.0 Å². The quantitative estimate of drug-likeness (QED) is 0.861. The van der Waals surface area contributed by atoms with Crippen LogP contribution in [0.1, 0.15) is 32.1 Å². The number of fused-ring (bicyclic) bond motifs is 1. The number of anilines is 1. The highest BCUT2D eigenvalue weighted by Crippen LogP contribution is 2.43. The largest absolute Gasteiger partial charge is 0.470 e. The number of morpholine rings is 1. The van der Waals surface area contributed by atoms with Crippen molar-refractivity contribution in [2.75, 3.05) is 31.6 Å². The molecule has 1 aromatic rings. The van der Waals surface area contributed by atoms with Gasteiger partial charge in [-0.15, -0.1) is 0 Å². The van der Waals surface area contributed by atoms with Gasteiger partial charge in [0.1, 0.15) is 5.75 Å². The van der Waals surface area contributed by atoms with E-state index in [-0.39, 0.29) is 11.8 Å². The van der Waals surface area contributed by atoms with Gasteiger partial charge in [-0.2, -0.15) is 0 Å². The summed E-state index contributed by atoms with van der Waals surface area (Å²) in [5.41, 5.74) is 1.23. The number of para-hydroxylation sites is 2. The standard InChI is InChI=1S/C17H24N2O2/c1-4-8-17(9-5-1)16(19-10-12-20-13-11-19)21-15-7-3-2-6-14(15)18-17/h2-3,6-7,16,18H,1,4-5,8-13H2. The van der Waals surface area contributed by atoms with Crippen molar-refractivity contribution in [3.8, 4) is 5.75 Å². The summed E-state index contributed by atoms with van der Waals surface area (Å²) in [6.45, 7) is 3.57. The van der Waals surface area contributed by atoms with Crippen molar-refractivity contribution in [1.82, 2.24) is 4.90 Å². The molecule has 1 saturated heterocycles. The minimum atomic E-state index is 0.0734. The lowest BCUT2D eigenvalue weighted by atomic mass is 9.78. The van der Waals surface area contributed by atoms with E-state index in [9.17, 15) is 0 Å². The normalized spacial score (nSPS) is 28.5. The first kappa shape index (κ1) is 13.4. The highest BCUT2D eigenvalue weighted by Gasteiger charge is 2.47. The maximum atomic E-state index is 6.47. The topological polar surface area (TPSA) is 33.7 Å². The summed E-state index contributed by atoms with van der Waals surface area (Å²) < 4.78 is 12.0. The molecule has 4 heteroatoms. The van der Waals surface area contributed by atoms with Gasteiger partial charge in [-0.05, 0) is 25.0 Å². The summed E-state index contributed by atoms with van der Waals surface area (Å²) >= 11 is 0. The first-order valence-corrected chi connectivity index (χ1v) is 8.23. The fraction of sp³-hybridized carbons (Fsp3) is 0.647. The van der Waals surface area contributed by atoms with Crippen LogP contribution in [0.5, 0.6) is 5.75 Å². The van der Waals surface area contributed by atoms with Gasteiger partial charge in [0.05, 0.1) is 24.4 Å². The fourth-order valence-electron chi connectivity index (χ4n) is 4.03. The minimum Gasteiger partial charge on any atom is -0.470 e. The van der Waals surface area contributed by atoms with E-state index < -0.39 is 0 Å². The summed E-state index contributed by atoms with van der Waals surface area (Å²) in [7, 11) is 0. The molecule has 1 N–H and O–H groups in total. The number of nitrogens with zero attached hydrogens (tertiary/aromatic N) is 1. The minimum absolute atomic E-state index is 0.0734. The number of ether oxygens (including phenoxy) is 2. The molecule has 0 aromatic heterocycles. The highest BCUT2D eigenvalue weighted by atomic mass is 16.5. The lowest BCUT2D eigenvalue weighted by Gasteiger charge is -2.52. The third-order valence-corrected chi connectivity index (χ3v) is 5.11. The third kappa shape index (κ3) is 2.40. The molecule has 1 unspecified atom stereocenters. The van der Waals surface area contributed by atoms with E-state index in [0.29, 0.717) is 0 Å². The van der Waals surface area contributed by atoms with Crippen molar-refractivity contribution >= 4 is 5.69 Å². The van der Waals surface area contributed by atoms with Gasteiger partial charge < -0.3 is 14.8 Å². The highest BCUT2D eigenvalue weighted by molar-refractivity contribution is 5.60. The van der Waals surface area contributed by atoms with Crippen molar-refractivity contribution in [2.24, 2.45) is 0 Å². The van der Waals surface area contributed by atoms with Crippen LogP contribution in [0, 0.1) is 0 Å². The molecule has 0 bridgehead atoms. The summed E-state index contributed by atoms with van der Waals surface area (Å²) in [6, 6.07) is 8.35. The Hall–Kier alpha value is -1.26. The van der Waals surface area contributed by atoms with Crippen molar-refractivity contribution in [3.05, 3.63) is 24.3 Å². The molecule has 2 aliphatic heterocycles. The van der Waals surface area contributed by atoms with Gasteiger partial charge in [0.2, 0.25) is 0 Å². The molecule has 2 heterocycles. The zero-order valence-corrected chi connectivity index (χ0v) is 12.5. The van der Waals surface area contributed by atoms with E-state index in [1.165, 1.54) is 32.1 Å². The van der Waals surface area contributed by atoms with Crippen LogP contribution in [0.15, 0.2) is 24.3 Å². The molecule has 4 rings (SSSR count). The Morgan fingerprint density at radius 3 is 2.62 bits per heavy atom. The third-order valence-electron chi connectivity index (χ3n) is 5.11. The molecule has 1 aromatic carbocycles. The summed E-state index contributed by atoms with van der Waals surface area (Å²) in [4.78, 5) is 2.47. The predicted molar refractivity (Wildman–Crippen MR) is 82.7 cm³/mol. The average Bonchev–Trinajstić information content (AvgIpc) is 2.56. The van der Waals surface area contributed by atoms with E-state index >= 15 is 0 Å². The Balaban J connectivity index is 1.67.